The number of carbonyl (C=O) groups excluding carboxylic acids is 3. The van der Waals surface area contributed by atoms with Crippen LogP contribution in [0.3, 0.4) is 0 Å². The standard InChI is InChI=1S/C25H17BrF2N2O4S/c26-18-10-16(6-9-21(18)34-14-15-4-2-1-3-5-15)11-22-24(32)30(25(33)35-22)13-23(31)29-20-8-7-17(27)12-19(20)28/h1-12H,13-14H2,(H,29,31)/b22-11+. The molecule has 3 aromatic rings. The largest absolute Gasteiger partial charge is 0.488 e. The van der Waals surface area contributed by atoms with Crippen molar-refractivity contribution < 1.29 is 27.9 Å². The Bertz CT molecular complexity index is 1330. The Morgan fingerprint density at radius 3 is 2.54 bits per heavy atom. The van der Waals surface area contributed by atoms with Crippen LogP contribution in [0.4, 0.5) is 19.3 Å². The van der Waals surface area contributed by atoms with E-state index in [0.29, 0.717) is 40.2 Å². The fraction of sp³-hybridized carbons (Fsp3) is 0.0800. The quantitative estimate of drug-likeness (QED) is 0.361. The number of hydrogen-bond donors (Lipinski definition) is 1. The molecule has 3 amide bonds. The molecule has 0 unspecified atom stereocenters. The van der Waals surface area contributed by atoms with Crippen molar-refractivity contribution >= 4 is 56.5 Å². The molecule has 0 spiro atoms. The molecule has 1 heterocycles. The van der Waals surface area contributed by atoms with Gasteiger partial charge in [0.1, 0.15) is 30.5 Å². The molecule has 6 nitrogen and oxygen atoms in total. The van der Waals surface area contributed by atoms with Gasteiger partial charge in [-0.3, -0.25) is 19.3 Å². The lowest BCUT2D eigenvalue weighted by Crippen LogP contribution is -2.36. The lowest BCUT2D eigenvalue weighted by Gasteiger charge is -2.13. The van der Waals surface area contributed by atoms with Gasteiger partial charge in [-0.15, -0.1) is 0 Å². The Hall–Kier alpha value is -3.50. The second-order valence-corrected chi connectivity index (χ2v) is 9.25. The summed E-state index contributed by atoms with van der Waals surface area (Å²) in [4.78, 5) is 38.2. The van der Waals surface area contributed by atoms with Crippen LogP contribution >= 0.6 is 27.7 Å². The normalized spacial score (nSPS) is 14.5. The van der Waals surface area contributed by atoms with Gasteiger partial charge >= 0.3 is 0 Å². The smallest absolute Gasteiger partial charge is 0.294 e. The molecule has 0 atom stereocenters. The SMILES string of the molecule is O=C(CN1C(=O)S/C(=C/c2ccc(OCc3ccccc3)c(Br)c2)C1=O)Nc1ccc(F)cc1F. The van der Waals surface area contributed by atoms with Crippen LogP contribution in [0.25, 0.3) is 6.08 Å². The van der Waals surface area contributed by atoms with Gasteiger partial charge in [-0.05, 0) is 69.2 Å². The van der Waals surface area contributed by atoms with Gasteiger partial charge in [-0.2, -0.15) is 0 Å². The van der Waals surface area contributed by atoms with Crippen molar-refractivity contribution in [1.29, 1.82) is 0 Å². The maximum absolute atomic E-state index is 13.7. The van der Waals surface area contributed by atoms with Crippen molar-refractivity contribution in [3.05, 3.63) is 98.9 Å². The summed E-state index contributed by atoms with van der Waals surface area (Å²) in [5.74, 6) is -2.58. The number of anilines is 1. The molecule has 1 aliphatic heterocycles. The van der Waals surface area contributed by atoms with Gasteiger partial charge in [0, 0.05) is 6.07 Å². The fourth-order valence-corrected chi connectivity index (χ4v) is 4.52. The van der Waals surface area contributed by atoms with E-state index in [4.69, 9.17) is 4.74 Å². The third-order valence-corrected chi connectivity index (χ3v) is 6.40. The minimum Gasteiger partial charge on any atom is -0.488 e. The first-order chi connectivity index (χ1) is 16.8. The zero-order valence-corrected chi connectivity index (χ0v) is 20.4. The van der Waals surface area contributed by atoms with Crippen molar-refractivity contribution in [2.75, 3.05) is 11.9 Å². The Morgan fingerprint density at radius 2 is 1.83 bits per heavy atom. The number of imide groups is 1. The summed E-state index contributed by atoms with van der Waals surface area (Å²) in [6.45, 7) is -0.212. The number of nitrogens with one attached hydrogen (secondary N) is 1. The van der Waals surface area contributed by atoms with Crippen molar-refractivity contribution in [2.24, 2.45) is 0 Å². The molecule has 0 aromatic heterocycles. The predicted octanol–water partition coefficient (Wildman–Crippen LogP) is 5.98. The molecular weight excluding hydrogens is 542 g/mol. The van der Waals surface area contributed by atoms with E-state index in [1.807, 2.05) is 30.3 Å². The Kier molecular flexibility index (Phi) is 7.62. The second kappa shape index (κ2) is 10.8. The number of rotatable bonds is 7. The van der Waals surface area contributed by atoms with Crippen LogP contribution in [-0.2, 0) is 16.2 Å². The number of benzene rings is 3. The third kappa shape index (κ3) is 6.14. The van der Waals surface area contributed by atoms with Gasteiger partial charge in [0.25, 0.3) is 11.1 Å². The minimum absolute atomic E-state index is 0.139. The summed E-state index contributed by atoms with van der Waals surface area (Å²) in [7, 11) is 0. The van der Waals surface area contributed by atoms with E-state index in [0.717, 1.165) is 22.6 Å². The highest BCUT2D eigenvalue weighted by Gasteiger charge is 2.36. The van der Waals surface area contributed by atoms with Gasteiger partial charge in [0.05, 0.1) is 15.1 Å². The highest BCUT2D eigenvalue weighted by atomic mass is 79.9. The molecule has 0 saturated carbocycles. The zero-order valence-electron chi connectivity index (χ0n) is 18.0. The maximum Gasteiger partial charge on any atom is 0.294 e. The third-order valence-electron chi connectivity index (χ3n) is 4.87. The van der Waals surface area contributed by atoms with Crippen molar-refractivity contribution in [2.45, 2.75) is 6.61 Å². The molecule has 4 rings (SSSR count). The van der Waals surface area contributed by atoms with Crippen LogP contribution in [0.1, 0.15) is 11.1 Å². The number of nitrogens with zero attached hydrogens (tertiary/aromatic N) is 1. The summed E-state index contributed by atoms with van der Waals surface area (Å²) in [6, 6.07) is 17.6. The lowest BCUT2D eigenvalue weighted by molar-refractivity contribution is -0.127. The molecule has 178 valence electrons. The molecule has 1 fully saturated rings. The van der Waals surface area contributed by atoms with Crippen LogP contribution in [0.15, 0.2) is 76.1 Å². The average Bonchev–Trinajstić information content (AvgIpc) is 3.08. The second-order valence-electron chi connectivity index (χ2n) is 7.40. The monoisotopic (exact) mass is 558 g/mol. The van der Waals surface area contributed by atoms with Crippen LogP contribution in [0, 0.1) is 11.6 Å². The number of halogens is 3. The summed E-state index contributed by atoms with van der Waals surface area (Å²) >= 11 is 4.15. The molecule has 35 heavy (non-hydrogen) atoms. The molecule has 0 bridgehead atoms. The molecule has 0 radical (unpaired) electrons. The fourth-order valence-electron chi connectivity index (χ4n) is 3.17. The van der Waals surface area contributed by atoms with E-state index in [1.165, 1.54) is 6.08 Å². The summed E-state index contributed by atoms with van der Waals surface area (Å²) in [5, 5.41) is 1.60. The molecule has 1 aliphatic rings. The average molecular weight is 559 g/mol. The zero-order chi connectivity index (χ0) is 24.9. The van der Waals surface area contributed by atoms with Crippen LogP contribution < -0.4 is 10.1 Å². The molecule has 3 aromatic carbocycles. The number of thioether (sulfide) groups is 1. The molecule has 10 heteroatoms. The van der Waals surface area contributed by atoms with Crippen LogP contribution in [0.2, 0.25) is 0 Å². The Labute approximate surface area is 212 Å². The molecule has 0 aliphatic carbocycles. The number of amides is 3. The van der Waals surface area contributed by atoms with Crippen LogP contribution in [-0.4, -0.2) is 28.5 Å². The van der Waals surface area contributed by atoms with E-state index in [1.54, 1.807) is 18.2 Å². The highest BCUT2D eigenvalue weighted by molar-refractivity contribution is 9.10. The summed E-state index contributed by atoms with van der Waals surface area (Å²) in [6.07, 6.45) is 1.54. The van der Waals surface area contributed by atoms with Crippen LogP contribution in [0.5, 0.6) is 5.75 Å². The Balaban J connectivity index is 1.40. The highest BCUT2D eigenvalue weighted by Crippen LogP contribution is 2.34. The van der Waals surface area contributed by atoms with E-state index in [-0.39, 0.29) is 10.6 Å². The Morgan fingerprint density at radius 1 is 1.06 bits per heavy atom. The summed E-state index contributed by atoms with van der Waals surface area (Å²) < 4.78 is 33.3. The van der Waals surface area contributed by atoms with Crippen molar-refractivity contribution in [3.63, 3.8) is 0 Å². The van der Waals surface area contributed by atoms with Gasteiger partial charge in [-0.25, -0.2) is 8.78 Å². The van der Waals surface area contributed by atoms with Crippen molar-refractivity contribution in [1.82, 2.24) is 4.90 Å². The molecule has 1 N–H and O–H groups in total. The summed E-state index contributed by atoms with van der Waals surface area (Å²) in [5.41, 5.74) is 1.41. The number of carbonyl (C=O) groups is 3. The first kappa shape index (κ1) is 24.6. The van der Waals surface area contributed by atoms with E-state index in [9.17, 15) is 23.2 Å². The van der Waals surface area contributed by atoms with E-state index < -0.39 is 35.2 Å². The minimum atomic E-state index is -0.964. The lowest BCUT2D eigenvalue weighted by atomic mass is 10.2. The van der Waals surface area contributed by atoms with Gasteiger partial charge in [0.2, 0.25) is 5.91 Å². The molecule has 1 saturated heterocycles. The topological polar surface area (TPSA) is 75.7 Å². The number of ether oxygens (including phenoxy) is 1. The van der Waals surface area contributed by atoms with Gasteiger partial charge in [0.15, 0.2) is 0 Å². The first-order valence-corrected chi connectivity index (χ1v) is 11.9. The van der Waals surface area contributed by atoms with Gasteiger partial charge in [-0.1, -0.05) is 36.4 Å². The number of hydrogen-bond acceptors (Lipinski definition) is 5. The maximum atomic E-state index is 13.7. The van der Waals surface area contributed by atoms with E-state index >= 15 is 0 Å². The van der Waals surface area contributed by atoms with Gasteiger partial charge < -0.3 is 10.1 Å². The molecular formula is C25H17BrF2N2O4S. The predicted molar refractivity (Wildman–Crippen MR) is 133 cm³/mol. The first-order valence-electron chi connectivity index (χ1n) is 10.3. The van der Waals surface area contributed by atoms with Crippen molar-refractivity contribution in [3.8, 4) is 5.75 Å². The van der Waals surface area contributed by atoms with E-state index in [2.05, 4.69) is 21.2 Å².